The highest BCUT2D eigenvalue weighted by molar-refractivity contribution is 8.03. The van der Waals surface area contributed by atoms with Crippen LogP contribution in [-0.4, -0.2) is 87.7 Å². The predicted octanol–water partition coefficient (Wildman–Crippen LogP) is 0.736. The van der Waals surface area contributed by atoms with Gasteiger partial charge in [-0.2, -0.15) is 0 Å². The van der Waals surface area contributed by atoms with Crippen LogP contribution < -0.4 is 11.1 Å². The van der Waals surface area contributed by atoms with E-state index in [1.165, 1.54) is 21.6 Å². The van der Waals surface area contributed by atoms with E-state index < -0.39 is 24.2 Å². The second kappa shape index (κ2) is 9.58. The van der Waals surface area contributed by atoms with Crippen molar-refractivity contribution in [2.24, 2.45) is 23.5 Å². The zero-order valence-electron chi connectivity index (χ0n) is 19.7. The normalized spacial score (nSPS) is 36.0. The lowest BCUT2D eigenvalue weighted by Crippen LogP contribution is -2.62. The maximum absolute atomic E-state index is 13.8. The topological polar surface area (TPSA) is 133 Å². The van der Waals surface area contributed by atoms with Gasteiger partial charge in [-0.25, -0.2) is 9.18 Å². The van der Waals surface area contributed by atoms with Crippen molar-refractivity contribution < 1.29 is 28.7 Å². The molecule has 4 aliphatic heterocycles. The van der Waals surface area contributed by atoms with Crippen LogP contribution in [0.5, 0.6) is 0 Å². The first kappa shape index (κ1) is 25.1. The van der Waals surface area contributed by atoms with Gasteiger partial charge in [-0.15, -0.1) is 11.8 Å². The Hall–Kier alpha value is -1.98. The number of fused-ring (bicyclic) bond motifs is 1. The molecule has 2 amide bonds. The number of rotatable bonds is 8. The summed E-state index contributed by atoms with van der Waals surface area (Å²) >= 11 is 1.41. The average Bonchev–Trinajstić information content (AvgIpc) is 3.44. The van der Waals surface area contributed by atoms with E-state index in [1.807, 2.05) is 13.8 Å². The largest absolute Gasteiger partial charge is 0.477 e. The number of alkyl halides is 1. The monoisotopic (exact) mass is 496 g/mol. The van der Waals surface area contributed by atoms with E-state index in [9.17, 15) is 28.7 Å². The number of β-lactam (4-membered cyclic amide) rings is 1. The number of carbonyl (C=O) groups is 4. The Morgan fingerprint density at radius 3 is 2.62 bits per heavy atom. The van der Waals surface area contributed by atoms with Gasteiger partial charge in [0, 0.05) is 42.0 Å². The fourth-order valence-electron chi connectivity index (χ4n) is 5.75. The van der Waals surface area contributed by atoms with Gasteiger partial charge in [0.05, 0.1) is 30.6 Å². The Kier molecular flexibility index (Phi) is 7.08. The van der Waals surface area contributed by atoms with Crippen LogP contribution in [0.1, 0.15) is 40.0 Å². The van der Waals surface area contributed by atoms with Gasteiger partial charge < -0.3 is 26.0 Å². The number of nitrogens with zero attached hydrogens (tertiary/aromatic N) is 2. The number of likely N-dealkylation sites (tertiary alicyclic amines) is 1. The van der Waals surface area contributed by atoms with Crippen molar-refractivity contribution in [3.63, 3.8) is 0 Å². The van der Waals surface area contributed by atoms with Gasteiger partial charge in [-0.3, -0.25) is 14.4 Å². The Balaban J connectivity index is 1.44. The Morgan fingerprint density at radius 2 is 2.03 bits per heavy atom. The lowest BCUT2D eigenvalue weighted by atomic mass is 9.73. The van der Waals surface area contributed by atoms with Gasteiger partial charge >= 0.3 is 5.97 Å². The van der Waals surface area contributed by atoms with Crippen LogP contribution in [0.3, 0.4) is 0 Å². The molecule has 9 nitrogen and oxygen atoms in total. The Labute approximate surface area is 202 Å². The molecule has 0 aromatic heterocycles. The van der Waals surface area contributed by atoms with Crippen LogP contribution in [0.4, 0.5) is 4.39 Å². The molecule has 4 rings (SSSR count). The second-order valence-electron chi connectivity index (χ2n) is 9.96. The number of carboxylic acid groups (broad SMARTS) is 1. The van der Waals surface area contributed by atoms with Crippen molar-refractivity contribution in [1.82, 2.24) is 15.1 Å². The number of nitrogens with two attached hydrogens (primary N) is 1. The number of hydrogen-bond acceptors (Lipinski definition) is 7. The number of nitrogens with one attached hydrogen (secondary N) is 1. The highest BCUT2D eigenvalue weighted by Gasteiger charge is 2.60. The number of hydrogen-bond donors (Lipinski definition) is 3. The van der Waals surface area contributed by atoms with E-state index in [0.29, 0.717) is 30.7 Å². The molecule has 0 bridgehead atoms. The molecule has 0 spiro atoms. The molecular weight excluding hydrogens is 463 g/mol. The second-order valence-corrected chi connectivity index (χ2v) is 11.3. The Bertz CT molecular complexity index is 919. The highest BCUT2D eigenvalue weighted by atomic mass is 32.2. The van der Waals surface area contributed by atoms with E-state index in [-0.39, 0.29) is 65.4 Å². The summed E-state index contributed by atoms with van der Waals surface area (Å²) < 4.78 is 13.8. The third-order valence-corrected chi connectivity index (χ3v) is 9.14. The number of amides is 2. The minimum absolute atomic E-state index is 0.000196. The summed E-state index contributed by atoms with van der Waals surface area (Å²) in [6.07, 6.45) is -0.00832. The smallest absolute Gasteiger partial charge is 0.353 e. The molecule has 34 heavy (non-hydrogen) atoms. The lowest BCUT2D eigenvalue weighted by Gasteiger charge is -2.47. The van der Waals surface area contributed by atoms with Crippen LogP contribution >= 0.6 is 11.8 Å². The fraction of sp³-hybridized carbons (Fsp3) is 0.739. The molecular formula is C23H33FN4O5S. The van der Waals surface area contributed by atoms with Crippen molar-refractivity contribution in [1.29, 1.82) is 0 Å². The molecule has 0 aliphatic carbocycles. The molecule has 3 fully saturated rings. The summed E-state index contributed by atoms with van der Waals surface area (Å²) in [6, 6.07) is -1.39. The van der Waals surface area contributed by atoms with E-state index in [1.54, 1.807) is 6.92 Å². The number of thioether (sulfide) groups is 1. The summed E-state index contributed by atoms with van der Waals surface area (Å²) in [5.41, 5.74) is 5.73. The first-order valence-electron chi connectivity index (χ1n) is 12.0. The predicted molar refractivity (Wildman–Crippen MR) is 124 cm³/mol. The van der Waals surface area contributed by atoms with Gasteiger partial charge in [-0.05, 0) is 12.3 Å². The molecule has 4 N–H and O–H groups in total. The molecule has 8 atom stereocenters. The van der Waals surface area contributed by atoms with Gasteiger partial charge in [-0.1, -0.05) is 20.8 Å². The third kappa shape index (κ3) is 4.26. The molecule has 0 aromatic rings. The standard InChI is InChI=1S/C23H33FN4O5S/c1-4-12(29)5-10(2)17-18-11(3)20(19(23(32)33)28(18)22(17)31)34-13-6-16(26-7-13)21(30)27-8-14(24)15(25)9-27/h10-11,13-18,26H,4-9,25H2,1-3H3,(H,32,33)/t10-,11+,13-,14-,15-,16-,17+,18+/m0/s1. The molecule has 0 radical (unpaired) electrons. The van der Waals surface area contributed by atoms with Crippen molar-refractivity contribution in [3.05, 3.63) is 10.6 Å². The number of carboxylic acids is 1. The number of Topliss-reactive ketones (excluding diaryl/α,β-unsaturated/α-hetero) is 1. The third-order valence-electron chi connectivity index (χ3n) is 7.63. The minimum atomic E-state index is -1.22. The Morgan fingerprint density at radius 1 is 1.32 bits per heavy atom. The summed E-state index contributed by atoms with van der Waals surface area (Å²) in [5, 5.41) is 13.0. The average molecular weight is 497 g/mol. The van der Waals surface area contributed by atoms with E-state index in [0.717, 1.165) is 0 Å². The summed E-state index contributed by atoms with van der Waals surface area (Å²) in [7, 11) is 0. The molecule has 0 aromatic carbocycles. The first-order chi connectivity index (χ1) is 16.0. The molecule has 4 heterocycles. The van der Waals surface area contributed by atoms with Crippen molar-refractivity contribution in [2.45, 2.75) is 69.6 Å². The van der Waals surface area contributed by atoms with Gasteiger partial charge in [0.2, 0.25) is 11.8 Å². The fourth-order valence-corrected chi connectivity index (χ4v) is 7.23. The SMILES string of the molecule is CCC(=O)C[C@H](C)[C@H]1C(=O)N2C(C(=O)O)=C(S[C@@H]3CN[C@H](C(=O)N4C[C@H](N)[C@@H](F)C4)C3)[C@H](C)[C@H]12. The zero-order chi connectivity index (χ0) is 24.9. The maximum Gasteiger partial charge on any atom is 0.353 e. The number of carbonyl (C=O) groups excluding carboxylic acids is 3. The summed E-state index contributed by atoms with van der Waals surface area (Å²) in [6.45, 7) is 6.31. The molecule has 4 aliphatic rings. The van der Waals surface area contributed by atoms with Crippen LogP contribution in [0.25, 0.3) is 0 Å². The number of aliphatic carboxylic acids is 1. The molecule has 3 saturated heterocycles. The number of halogens is 1. The van der Waals surface area contributed by atoms with Crippen molar-refractivity contribution in [2.75, 3.05) is 19.6 Å². The minimum Gasteiger partial charge on any atom is -0.477 e. The summed E-state index contributed by atoms with van der Waals surface area (Å²) in [5.74, 6) is -2.15. The van der Waals surface area contributed by atoms with Gasteiger partial charge in [0.1, 0.15) is 17.7 Å². The van der Waals surface area contributed by atoms with Crippen LogP contribution in [-0.2, 0) is 19.2 Å². The number of ketones is 1. The van der Waals surface area contributed by atoms with E-state index in [4.69, 9.17) is 5.73 Å². The van der Waals surface area contributed by atoms with Gasteiger partial charge in [0.15, 0.2) is 0 Å². The van der Waals surface area contributed by atoms with Crippen molar-refractivity contribution >= 4 is 35.3 Å². The molecule has 188 valence electrons. The highest BCUT2D eigenvalue weighted by Crippen LogP contribution is 2.53. The quantitative estimate of drug-likeness (QED) is 0.419. The summed E-state index contributed by atoms with van der Waals surface area (Å²) in [4.78, 5) is 53.3. The van der Waals surface area contributed by atoms with E-state index in [2.05, 4.69) is 5.32 Å². The molecule has 11 heteroatoms. The molecule has 0 unspecified atom stereocenters. The first-order valence-corrected chi connectivity index (χ1v) is 12.8. The van der Waals surface area contributed by atoms with Crippen LogP contribution in [0.2, 0.25) is 0 Å². The molecule has 0 saturated carbocycles. The lowest BCUT2D eigenvalue weighted by molar-refractivity contribution is -0.160. The van der Waals surface area contributed by atoms with Crippen LogP contribution in [0, 0.1) is 17.8 Å². The van der Waals surface area contributed by atoms with Gasteiger partial charge in [0.25, 0.3) is 0 Å². The van der Waals surface area contributed by atoms with E-state index >= 15 is 0 Å². The zero-order valence-corrected chi connectivity index (χ0v) is 20.5. The van der Waals surface area contributed by atoms with Crippen LogP contribution in [0.15, 0.2) is 10.6 Å². The van der Waals surface area contributed by atoms with Crippen molar-refractivity contribution in [3.8, 4) is 0 Å². The maximum atomic E-state index is 13.8.